The SMILES string of the molecule is CCNC(=NCc1ccnc(N2CCCC2)c1)NCC1CCCN1Cc1ccccc1. The van der Waals surface area contributed by atoms with E-state index in [1.807, 2.05) is 6.20 Å². The molecule has 1 atom stereocenters. The highest BCUT2D eigenvalue weighted by molar-refractivity contribution is 5.79. The first-order chi connectivity index (χ1) is 15.3. The highest BCUT2D eigenvalue weighted by Gasteiger charge is 2.24. The van der Waals surface area contributed by atoms with Gasteiger partial charge < -0.3 is 15.5 Å². The second kappa shape index (κ2) is 11.1. The van der Waals surface area contributed by atoms with E-state index in [0.29, 0.717) is 12.6 Å². The Balaban J connectivity index is 1.33. The van der Waals surface area contributed by atoms with Gasteiger partial charge in [0.2, 0.25) is 0 Å². The summed E-state index contributed by atoms with van der Waals surface area (Å²) in [6, 6.07) is 15.6. The van der Waals surface area contributed by atoms with E-state index in [9.17, 15) is 0 Å². The van der Waals surface area contributed by atoms with Crippen LogP contribution in [-0.4, -0.2) is 54.6 Å². The fourth-order valence-corrected chi connectivity index (χ4v) is 4.56. The molecule has 2 aliphatic heterocycles. The number of anilines is 1. The average Bonchev–Trinajstić information content (AvgIpc) is 3.49. The lowest BCUT2D eigenvalue weighted by atomic mass is 10.2. The summed E-state index contributed by atoms with van der Waals surface area (Å²) in [4.78, 5) is 14.4. The maximum Gasteiger partial charge on any atom is 0.191 e. The van der Waals surface area contributed by atoms with Gasteiger partial charge in [-0.25, -0.2) is 9.98 Å². The predicted molar refractivity (Wildman–Crippen MR) is 128 cm³/mol. The largest absolute Gasteiger partial charge is 0.357 e. The van der Waals surface area contributed by atoms with E-state index in [2.05, 4.69) is 74.8 Å². The Labute approximate surface area is 186 Å². The number of pyridine rings is 1. The Morgan fingerprint density at radius 3 is 2.68 bits per heavy atom. The van der Waals surface area contributed by atoms with E-state index in [1.165, 1.54) is 43.4 Å². The lowest BCUT2D eigenvalue weighted by Gasteiger charge is -2.25. The molecule has 2 fully saturated rings. The van der Waals surface area contributed by atoms with Crippen LogP contribution in [0.2, 0.25) is 0 Å². The molecule has 1 unspecified atom stereocenters. The van der Waals surface area contributed by atoms with E-state index >= 15 is 0 Å². The van der Waals surface area contributed by atoms with Crippen LogP contribution < -0.4 is 15.5 Å². The smallest absolute Gasteiger partial charge is 0.191 e. The number of likely N-dealkylation sites (tertiary alicyclic amines) is 1. The van der Waals surface area contributed by atoms with Crippen LogP contribution in [0, 0.1) is 0 Å². The minimum Gasteiger partial charge on any atom is -0.357 e. The van der Waals surface area contributed by atoms with Gasteiger partial charge in [-0.15, -0.1) is 0 Å². The van der Waals surface area contributed by atoms with Crippen LogP contribution >= 0.6 is 0 Å². The van der Waals surface area contributed by atoms with E-state index in [-0.39, 0.29) is 0 Å². The van der Waals surface area contributed by atoms with Crippen molar-refractivity contribution >= 4 is 11.8 Å². The first-order valence-electron chi connectivity index (χ1n) is 11.8. The van der Waals surface area contributed by atoms with Crippen molar-refractivity contribution in [2.45, 2.75) is 51.7 Å². The molecule has 0 radical (unpaired) electrons. The van der Waals surface area contributed by atoms with Crippen molar-refractivity contribution in [2.24, 2.45) is 4.99 Å². The summed E-state index contributed by atoms with van der Waals surface area (Å²) >= 11 is 0. The maximum atomic E-state index is 4.85. The summed E-state index contributed by atoms with van der Waals surface area (Å²) in [5.41, 5.74) is 2.60. The van der Waals surface area contributed by atoms with Crippen molar-refractivity contribution in [1.29, 1.82) is 0 Å². The van der Waals surface area contributed by atoms with Gasteiger partial charge in [-0.3, -0.25) is 4.90 Å². The van der Waals surface area contributed by atoms with Gasteiger partial charge in [0, 0.05) is 45.0 Å². The first kappa shape index (κ1) is 21.6. The summed E-state index contributed by atoms with van der Waals surface area (Å²) < 4.78 is 0. The molecule has 1 aromatic carbocycles. The summed E-state index contributed by atoms with van der Waals surface area (Å²) in [6.45, 7) is 9.00. The molecule has 2 aliphatic rings. The number of nitrogens with one attached hydrogen (secondary N) is 2. The molecule has 2 N–H and O–H groups in total. The van der Waals surface area contributed by atoms with Crippen molar-refractivity contribution < 1.29 is 0 Å². The highest BCUT2D eigenvalue weighted by atomic mass is 15.2. The number of hydrogen-bond donors (Lipinski definition) is 2. The Kier molecular flexibility index (Phi) is 7.77. The highest BCUT2D eigenvalue weighted by Crippen LogP contribution is 2.20. The molecule has 166 valence electrons. The van der Waals surface area contributed by atoms with Gasteiger partial charge in [0.05, 0.1) is 6.54 Å². The van der Waals surface area contributed by atoms with Gasteiger partial charge in [0.15, 0.2) is 5.96 Å². The minimum atomic E-state index is 0.548. The zero-order valence-electron chi connectivity index (χ0n) is 18.8. The summed E-state index contributed by atoms with van der Waals surface area (Å²) in [6.07, 6.45) is 6.95. The van der Waals surface area contributed by atoms with Crippen LogP contribution in [0.5, 0.6) is 0 Å². The summed E-state index contributed by atoms with van der Waals surface area (Å²) in [7, 11) is 0. The van der Waals surface area contributed by atoms with Gasteiger partial charge in [-0.05, 0) is 62.4 Å². The van der Waals surface area contributed by atoms with Crippen LogP contribution in [0.25, 0.3) is 0 Å². The maximum absolute atomic E-state index is 4.85. The molecule has 2 aromatic rings. The minimum absolute atomic E-state index is 0.548. The quantitative estimate of drug-likeness (QED) is 0.506. The van der Waals surface area contributed by atoms with Gasteiger partial charge in [0.1, 0.15) is 5.82 Å². The number of rotatable bonds is 8. The Hall–Kier alpha value is -2.60. The fourth-order valence-electron chi connectivity index (χ4n) is 4.56. The Bertz CT molecular complexity index is 831. The lowest BCUT2D eigenvalue weighted by molar-refractivity contribution is 0.245. The zero-order chi connectivity index (χ0) is 21.3. The molecule has 1 aromatic heterocycles. The number of aromatic nitrogens is 1. The predicted octanol–water partition coefficient (Wildman–Crippen LogP) is 3.40. The molecule has 0 amide bonds. The monoisotopic (exact) mass is 420 g/mol. The van der Waals surface area contributed by atoms with Crippen molar-refractivity contribution in [3.05, 3.63) is 59.8 Å². The lowest BCUT2D eigenvalue weighted by Crippen LogP contribution is -2.44. The van der Waals surface area contributed by atoms with Crippen LogP contribution in [0.3, 0.4) is 0 Å². The molecule has 4 rings (SSSR count). The number of benzene rings is 1. The number of aliphatic imine (C=N–C) groups is 1. The second-order valence-electron chi connectivity index (χ2n) is 8.54. The Morgan fingerprint density at radius 2 is 1.87 bits per heavy atom. The molecular formula is C25H36N6. The van der Waals surface area contributed by atoms with Crippen molar-refractivity contribution in [3.8, 4) is 0 Å². The zero-order valence-corrected chi connectivity index (χ0v) is 18.8. The van der Waals surface area contributed by atoms with Crippen LogP contribution in [0.1, 0.15) is 43.7 Å². The third kappa shape index (κ3) is 6.20. The second-order valence-corrected chi connectivity index (χ2v) is 8.54. The third-order valence-corrected chi connectivity index (χ3v) is 6.24. The molecule has 0 saturated carbocycles. The van der Waals surface area contributed by atoms with Crippen molar-refractivity contribution in [3.63, 3.8) is 0 Å². The van der Waals surface area contributed by atoms with Gasteiger partial charge >= 0.3 is 0 Å². The van der Waals surface area contributed by atoms with Crippen LogP contribution in [0.15, 0.2) is 53.7 Å². The van der Waals surface area contributed by atoms with Crippen molar-refractivity contribution in [2.75, 3.05) is 37.6 Å². The number of guanidine groups is 1. The molecule has 6 nitrogen and oxygen atoms in total. The van der Waals surface area contributed by atoms with E-state index in [1.54, 1.807) is 0 Å². The normalized spacial score (nSPS) is 19.7. The number of hydrogen-bond acceptors (Lipinski definition) is 4. The summed E-state index contributed by atoms with van der Waals surface area (Å²) in [5, 5.41) is 6.99. The van der Waals surface area contributed by atoms with E-state index in [4.69, 9.17) is 4.99 Å². The topological polar surface area (TPSA) is 55.8 Å². The van der Waals surface area contributed by atoms with Crippen LogP contribution in [0.4, 0.5) is 5.82 Å². The first-order valence-corrected chi connectivity index (χ1v) is 11.8. The van der Waals surface area contributed by atoms with Crippen LogP contribution in [-0.2, 0) is 13.1 Å². The summed E-state index contributed by atoms with van der Waals surface area (Å²) in [5.74, 6) is 1.99. The fraction of sp³-hybridized carbons (Fsp3) is 0.520. The molecule has 0 bridgehead atoms. The third-order valence-electron chi connectivity index (χ3n) is 6.24. The molecule has 0 aliphatic carbocycles. The average molecular weight is 421 g/mol. The number of nitrogens with zero attached hydrogens (tertiary/aromatic N) is 4. The van der Waals surface area contributed by atoms with Gasteiger partial charge in [-0.1, -0.05) is 30.3 Å². The van der Waals surface area contributed by atoms with Gasteiger partial charge in [0.25, 0.3) is 0 Å². The molecule has 3 heterocycles. The standard InChI is InChI=1S/C25H36N6/c1-2-26-25(28-18-22-12-13-27-24(17-22)30-14-6-7-15-30)29-19-23-11-8-16-31(23)20-21-9-4-3-5-10-21/h3-5,9-10,12-13,17,23H,2,6-8,11,14-16,18-20H2,1H3,(H2,26,28,29). The Morgan fingerprint density at radius 1 is 1.03 bits per heavy atom. The molecule has 2 saturated heterocycles. The molecule has 31 heavy (non-hydrogen) atoms. The molecule has 0 spiro atoms. The van der Waals surface area contributed by atoms with E-state index in [0.717, 1.165) is 44.5 Å². The van der Waals surface area contributed by atoms with Gasteiger partial charge in [-0.2, -0.15) is 0 Å². The molecule has 6 heteroatoms. The van der Waals surface area contributed by atoms with Crippen molar-refractivity contribution in [1.82, 2.24) is 20.5 Å². The molecular weight excluding hydrogens is 384 g/mol. The van der Waals surface area contributed by atoms with E-state index < -0.39 is 0 Å².